The van der Waals surface area contributed by atoms with Crippen molar-refractivity contribution in [1.82, 2.24) is 10.8 Å². The largest absolute Gasteiger partial charge is 0.479 e. The van der Waals surface area contributed by atoms with Gasteiger partial charge in [-0.25, -0.2) is 15.1 Å². The first-order valence-corrected chi connectivity index (χ1v) is 10.9. The minimum absolute atomic E-state index is 0.0379. The Morgan fingerprint density at radius 1 is 1.00 bits per heavy atom. The molecule has 0 saturated carbocycles. The number of aliphatic carboxylic acids is 1. The molecule has 3 N–H and O–H groups in total. The zero-order valence-electron chi connectivity index (χ0n) is 19.1. The molecule has 1 atom stereocenters. The molecule has 33 heavy (non-hydrogen) atoms. The SMILES string of the molecule is CC(C)(C)CC(CNC(=O)OCC1c2ccccc2-c2ccccc21)C(=O)NOCC(=O)O. The minimum Gasteiger partial charge on any atom is -0.479 e. The van der Waals surface area contributed by atoms with Crippen LogP contribution in [0.5, 0.6) is 0 Å². The molecule has 3 rings (SSSR count). The van der Waals surface area contributed by atoms with Crippen molar-refractivity contribution < 1.29 is 29.1 Å². The van der Waals surface area contributed by atoms with E-state index >= 15 is 0 Å². The van der Waals surface area contributed by atoms with Crippen molar-refractivity contribution in [3.05, 3.63) is 59.7 Å². The normalized spacial score (nSPS) is 13.5. The smallest absolute Gasteiger partial charge is 0.407 e. The van der Waals surface area contributed by atoms with Gasteiger partial charge in [0.05, 0.1) is 5.92 Å². The highest BCUT2D eigenvalue weighted by Crippen LogP contribution is 2.44. The average molecular weight is 455 g/mol. The Balaban J connectivity index is 1.58. The average Bonchev–Trinajstić information content (AvgIpc) is 3.08. The number of carbonyl (C=O) groups excluding carboxylic acids is 2. The predicted octanol–water partition coefficient (Wildman–Crippen LogP) is 3.71. The molecule has 0 radical (unpaired) electrons. The first kappa shape index (κ1) is 24.3. The van der Waals surface area contributed by atoms with Gasteiger partial charge in [-0.05, 0) is 34.1 Å². The summed E-state index contributed by atoms with van der Waals surface area (Å²) in [5, 5.41) is 11.3. The molecule has 2 amide bonds. The number of fused-ring (bicyclic) bond motifs is 3. The third-order valence-electron chi connectivity index (χ3n) is 5.43. The Labute approximate surface area is 193 Å². The second-order valence-corrected chi connectivity index (χ2v) is 9.32. The van der Waals surface area contributed by atoms with Gasteiger partial charge in [-0.3, -0.25) is 9.63 Å². The Bertz CT molecular complexity index is 968. The van der Waals surface area contributed by atoms with Crippen LogP contribution in [0.2, 0.25) is 0 Å². The molecule has 0 spiro atoms. The van der Waals surface area contributed by atoms with E-state index in [9.17, 15) is 14.4 Å². The highest BCUT2D eigenvalue weighted by Gasteiger charge is 2.30. The number of hydroxylamine groups is 1. The van der Waals surface area contributed by atoms with E-state index < -0.39 is 30.5 Å². The van der Waals surface area contributed by atoms with Gasteiger partial charge in [-0.1, -0.05) is 69.3 Å². The van der Waals surface area contributed by atoms with Gasteiger partial charge in [0.25, 0.3) is 0 Å². The quantitative estimate of drug-likeness (QED) is 0.498. The number of nitrogens with one attached hydrogen (secondary N) is 2. The molecule has 1 aliphatic rings. The Morgan fingerprint density at radius 3 is 2.12 bits per heavy atom. The lowest BCUT2D eigenvalue weighted by Crippen LogP contribution is -2.41. The van der Waals surface area contributed by atoms with Gasteiger partial charge in [0.2, 0.25) is 5.91 Å². The third kappa shape index (κ3) is 6.55. The van der Waals surface area contributed by atoms with Crippen LogP contribution in [0.15, 0.2) is 48.5 Å². The first-order valence-electron chi connectivity index (χ1n) is 10.9. The van der Waals surface area contributed by atoms with E-state index in [1.165, 1.54) is 0 Å². The Morgan fingerprint density at radius 2 is 1.58 bits per heavy atom. The molecule has 0 bridgehead atoms. The fraction of sp³-hybridized carbons (Fsp3) is 0.400. The number of amides is 2. The molecule has 8 nitrogen and oxygen atoms in total. The summed E-state index contributed by atoms with van der Waals surface area (Å²) in [7, 11) is 0. The number of carboxylic acids is 1. The maximum Gasteiger partial charge on any atom is 0.407 e. The number of alkyl carbamates (subject to hydrolysis) is 1. The summed E-state index contributed by atoms with van der Waals surface area (Å²) in [4.78, 5) is 40.2. The number of rotatable bonds is 9. The summed E-state index contributed by atoms with van der Waals surface area (Å²) in [6.45, 7) is 5.48. The fourth-order valence-electron chi connectivity index (χ4n) is 4.11. The lowest BCUT2D eigenvalue weighted by atomic mass is 9.84. The van der Waals surface area contributed by atoms with E-state index in [-0.39, 0.29) is 24.5 Å². The molecule has 8 heteroatoms. The highest BCUT2D eigenvalue weighted by atomic mass is 16.7. The van der Waals surface area contributed by atoms with Crippen LogP contribution in [-0.2, 0) is 19.2 Å². The lowest BCUT2D eigenvalue weighted by molar-refractivity contribution is -0.151. The van der Waals surface area contributed by atoms with Crippen LogP contribution in [0.1, 0.15) is 44.2 Å². The zero-order chi connectivity index (χ0) is 24.0. The molecule has 0 aromatic heterocycles. The third-order valence-corrected chi connectivity index (χ3v) is 5.43. The van der Waals surface area contributed by atoms with Gasteiger partial charge < -0.3 is 15.2 Å². The summed E-state index contributed by atoms with van der Waals surface area (Å²) in [5.41, 5.74) is 6.47. The number of carbonyl (C=O) groups is 3. The van der Waals surface area contributed by atoms with Gasteiger partial charge in [-0.2, -0.15) is 0 Å². The standard InChI is InChI=1S/C25H30N2O6/c1-25(2,3)12-16(23(30)27-33-15-22(28)29)13-26-24(31)32-14-21-19-10-6-4-8-17(19)18-9-5-7-11-20(18)21/h4-11,16,21H,12-15H2,1-3H3,(H,26,31)(H,27,30)(H,28,29). The van der Waals surface area contributed by atoms with Crippen LogP contribution in [-0.4, -0.2) is 42.8 Å². The Kier molecular flexibility index (Phi) is 7.71. The van der Waals surface area contributed by atoms with Crippen molar-refractivity contribution >= 4 is 18.0 Å². The molecule has 2 aromatic carbocycles. The van der Waals surface area contributed by atoms with Crippen LogP contribution in [0, 0.1) is 11.3 Å². The van der Waals surface area contributed by atoms with Crippen LogP contribution in [0.3, 0.4) is 0 Å². The molecule has 0 aliphatic heterocycles. The second-order valence-electron chi connectivity index (χ2n) is 9.32. The van der Waals surface area contributed by atoms with E-state index in [2.05, 4.69) is 22.9 Å². The predicted molar refractivity (Wildman–Crippen MR) is 122 cm³/mol. The van der Waals surface area contributed by atoms with Crippen LogP contribution >= 0.6 is 0 Å². The van der Waals surface area contributed by atoms with Crippen LogP contribution in [0.4, 0.5) is 4.79 Å². The lowest BCUT2D eigenvalue weighted by Gasteiger charge is -2.25. The number of carboxylic acid groups (broad SMARTS) is 1. The van der Waals surface area contributed by atoms with Gasteiger partial charge in [0.1, 0.15) is 6.61 Å². The van der Waals surface area contributed by atoms with E-state index in [0.29, 0.717) is 6.42 Å². The topological polar surface area (TPSA) is 114 Å². The van der Waals surface area contributed by atoms with Crippen LogP contribution < -0.4 is 10.8 Å². The molecular weight excluding hydrogens is 424 g/mol. The number of benzene rings is 2. The molecule has 2 aromatic rings. The number of hydrogen-bond donors (Lipinski definition) is 3. The Hall–Kier alpha value is -3.39. The summed E-state index contributed by atoms with van der Waals surface area (Å²) in [6.07, 6.45) is -0.158. The van der Waals surface area contributed by atoms with Crippen molar-refractivity contribution in [2.75, 3.05) is 19.8 Å². The van der Waals surface area contributed by atoms with E-state index in [0.717, 1.165) is 22.3 Å². The van der Waals surface area contributed by atoms with Gasteiger partial charge in [-0.15, -0.1) is 0 Å². The van der Waals surface area contributed by atoms with Crippen molar-refractivity contribution in [1.29, 1.82) is 0 Å². The highest BCUT2D eigenvalue weighted by molar-refractivity contribution is 5.80. The van der Waals surface area contributed by atoms with Gasteiger partial charge >= 0.3 is 12.1 Å². The molecular formula is C25H30N2O6. The van der Waals surface area contributed by atoms with Crippen molar-refractivity contribution in [3.63, 3.8) is 0 Å². The van der Waals surface area contributed by atoms with Crippen LogP contribution in [0.25, 0.3) is 11.1 Å². The van der Waals surface area contributed by atoms with E-state index in [1.54, 1.807) is 0 Å². The zero-order valence-corrected chi connectivity index (χ0v) is 19.1. The summed E-state index contributed by atoms with van der Waals surface area (Å²) in [6, 6.07) is 16.1. The maximum absolute atomic E-state index is 12.4. The summed E-state index contributed by atoms with van der Waals surface area (Å²) >= 11 is 0. The van der Waals surface area contributed by atoms with Crippen molar-refractivity contribution in [2.24, 2.45) is 11.3 Å². The molecule has 0 fully saturated rings. The fourth-order valence-corrected chi connectivity index (χ4v) is 4.11. The maximum atomic E-state index is 12.4. The van der Waals surface area contributed by atoms with Crippen molar-refractivity contribution in [2.45, 2.75) is 33.1 Å². The second kappa shape index (κ2) is 10.5. The summed E-state index contributed by atoms with van der Waals surface area (Å²) in [5.74, 6) is -2.36. The molecule has 176 valence electrons. The minimum atomic E-state index is -1.19. The molecule has 1 aliphatic carbocycles. The number of ether oxygens (including phenoxy) is 1. The van der Waals surface area contributed by atoms with E-state index in [1.807, 2.05) is 57.2 Å². The molecule has 0 heterocycles. The van der Waals surface area contributed by atoms with Gasteiger partial charge in [0, 0.05) is 12.5 Å². The monoisotopic (exact) mass is 454 g/mol. The number of hydrogen-bond acceptors (Lipinski definition) is 5. The van der Waals surface area contributed by atoms with Crippen molar-refractivity contribution in [3.8, 4) is 11.1 Å². The molecule has 1 unspecified atom stereocenters. The summed E-state index contributed by atoms with van der Waals surface area (Å²) < 4.78 is 5.52. The first-order chi connectivity index (χ1) is 15.7. The molecule has 0 saturated heterocycles. The van der Waals surface area contributed by atoms with E-state index in [4.69, 9.17) is 14.7 Å². The van der Waals surface area contributed by atoms with Gasteiger partial charge in [0.15, 0.2) is 6.61 Å².